The number of esters is 1. The zero-order valence-corrected chi connectivity index (χ0v) is 10.1. The molecule has 0 radical (unpaired) electrons. The molecular formula is C12H13NO2S. The second-order valence-corrected chi connectivity index (χ2v) is 4.82. The molecule has 0 spiro atoms. The van der Waals surface area contributed by atoms with E-state index in [4.69, 9.17) is 4.74 Å². The van der Waals surface area contributed by atoms with Crippen LogP contribution in [0.3, 0.4) is 0 Å². The van der Waals surface area contributed by atoms with Crippen LogP contribution in [-0.2, 0) is 16.0 Å². The molecular weight excluding hydrogens is 222 g/mol. The van der Waals surface area contributed by atoms with Crippen LogP contribution < -0.4 is 0 Å². The number of thiazole rings is 1. The molecule has 1 heterocycles. The van der Waals surface area contributed by atoms with Crippen LogP contribution in [0.15, 0.2) is 24.3 Å². The lowest BCUT2D eigenvalue weighted by molar-refractivity contribution is -0.144. The quantitative estimate of drug-likeness (QED) is 0.768. The Balaban J connectivity index is 2.18. The van der Waals surface area contributed by atoms with Gasteiger partial charge in [0.25, 0.3) is 0 Å². The number of fused-ring (bicyclic) bond motifs is 1. The van der Waals surface area contributed by atoms with Crippen molar-refractivity contribution >= 4 is 27.5 Å². The highest BCUT2D eigenvalue weighted by Gasteiger charge is 2.15. The zero-order valence-electron chi connectivity index (χ0n) is 9.27. The van der Waals surface area contributed by atoms with Crippen LogP contribution in [0.5, 0.6) is 0 Å². The summed E-state index contributed by atoms with van der Waals surface area (Å²) in [6.45, 7) is 1.86. The molecule has 0 aliphatic rings. The van der Waals surface area contributed by atoms with Gasteiger partial charge < -0.3 is 4.74 Å². The number of rotatable bonds is 3. The van der Waals surface area contributed by atoms with Gasteiger partial charge >= 0.3 is 5.97 Å². The van der Waals surface area contributed by atoms with Gasteiger partial charge in [-0.15, -0.1) is 11.3 Å². The normalized spacial score (nSPS) is 12.6. The molecule has 0 N–H and O–H groups in total. The Bertz CT molecular complexity index is 473. The molecule has 0 aliphatic carbocycles. The highest BCUT2D eigenvalue weighted by molar-refractivity contribution is 7.18. The molecule has 1 atom stereocenters. The van der Waals surface area contributed by atoms with E-state index in [1.54, 1.807) is 11.3 Å². The molecule has 0 amide bonds. The van der Waals surface area contributed by atoms with Crippen LogP contribution in [-0.4, -0.2) is 18.1 Å². The summed E-state index contributed by atoms with van der Waals surface area (Å²) >= 11 is 1.63. The molecule has 2 aromatic rings. The maximum atomic E-state index is 11.3. The second kappa shape index (κ2) is 4.61. The third-order valence-corrected chi connectivity index (χ3v) is 3.48. The lowest BCUT2D eigenvalue weighted by atomic mass is 10.1. The molecule has 0 fully saturated rings. The van der Waals surface area contributed by atoms with Gasteiger partial charge in [-0.05, 0) is 12.1 Å². The van der Waals surface area contributed by atoms with Gasteiger partial charge in [-0.1, -0.05) is 19.1 Å². The van der Waals surface area contributed by atoms with Gasteiger partial charge in [-0.25, -0.2) is 4.98 Å². The molecule has 0 saturated carbocycles. The molecule has 16 heavy (non-hydrogen) atoms. The molecule has 1 aromatic heterocycles. The van der Waals surface area contributed by atoms with Crippen molar-refractivity contribution in [3.05, 3.63) is 29.3 Å². The number of nitrogens with zero attached hydrogens (tertiary/aromatic N) is 1. The molecule has 2 rings (SSSR count). The molecule has 0 bridgehead atoms. The van der Waals surface area contributed by atoms with E-state index >= 15 is 0 Å². The van der Waals surface area contributed by atoms with Crippen LogP contribution in [0.1, 0.15) is 11.9 Å². The first kappa shape index (κ1) is 11.1. The van der Waals surface area contributed by atoms with Crippen molar-refractivity contribution in [2.45, 2.75) is 13.3 Å². The Hall–Kier alpha value is -1.42. The molecule has 0 saturated heterocycles. The number of carbonyl (C=O) groups is 1. The number of para-hydroxylation sites is 1. The van der Waals surface area contributed by atoms with E-state index in [-0.39, 0.29) is 11.9 Å². The van der Waals surface area contributed by atoms with Crippen molar-refractivity contribution in [3.8, 4) is 0 Å². The van der Waals surface area contributed by atoms with Gasteiger partial charge in [0.15, 0.2) is 0 Å². The van der Waals surface area contributed by atoms with Gasteiger partial charge in [0.1, 0.15) is 0 Å². The summed E-state index contributed by atoms with van der Waals surface area (Å²) in [6.07, 6.45) is 0.645. The van der Waals surface area contributed by atoms with Crippen LogP contribution in [0, 0.1) is 5.92 Å². The highest BCUT2D eigenvalue weighted by atomic mass is 32.1. The average molecular weight is 235 g/mol. The van der Waals surface area contributed by atoms with Crippen LogP contribution >= 0.6 is 11.3 Å². The van der Waals surface area contributed by atoms with E-state index < -0.39 is 0 Å². The third-order valence-electron chi connectivity index (χ3n) is 2.42. The first-order valence-corrected chi connectivity index (χ1v) is 5.94. The zero-order chi connectivity index (χ0) is 11.5. The molecule has 1 unspecified atom stereocenters. The Morgan fingerprint density at radius 1 is 1.50 bits per heavy atom. The minimum Gasteiger partial charge on any atom is -0.469 e. The van der Waals surface area contributed by atoms with E-state index in [0.29, 0.717) is 6.42 Å². The predicted octanol–water partition coefficient (Wildman–Crippen LogP) is 2.65. The van der Waals surface area contributed by atoms with Crippen molar-refractivity contribution in [3.63, 3.8) is 0 Å². The van der Waals surface area contributed by atoms with Crippen molar-refractivity contribution in [1.82, 2.24) is 4.98 Å². The van der Waals surface area contributed by atoms with Gasteiger partial charge in [0, 0.05) is 6.42 Å². The molecule has 3 nitrogen and oxygen atoms in total. The standard InChI is InChI=1S/C12H13NO2S/c1-8(12(14)15-2)7-11-13-9-5-3-4-6-10(9)16-11/h3-6,8H,7H2,1-2H3. The van der Waals surface area contributed by atoms with E-state index in [1.165, 1.54) is 7.11 Å². The number of methoxy groups -OCH3 is 1. The van der Waals surface area contributed by atoms with Crippen molar-refractivity contribution in [2.24, 2.45) is 5.92 Å². The monoisotopic (exact) mass is 235 g/mol. The molecule has 84 valence electrons. The predicted molar refractivity (Wildman–Crippen MR) is 64.5 cm³/mol. The first-order chi connectivity index (χ1) is 7.70. The fourth-order valence-corrected chi connectivity index (χ4v) is 2.65. The Kier molecular flexibility index (Phi) is 3.19. The summed E-state index contributed by atoms with van der Waals surface area (Å²) in [6, 6.07) is 7.99. The van der Waals surface area contributed by atoms with Crippen molar-refractivity contribution < 1.29 is 9.53 Å². The number of carbonyl (C=O) groups excluding carboxylic acids is 1. The number of ether oxygens (including phenoxy) is 1. The van der Waals surface area contributed by atoms with E-state index in [9.17, 15) is 4.79 Å². The van der Waals surface area contributed by atoms with Gasteiger partial charge in [-0.2, -0.15) is 0 Å². The molecule has 4 heteroatoms. The van der Waals surface area contributed by atoms with Crippen molar-refractivity contribution in [2.75, 3.05) is 7.11 Å². The fraction of sp³-hybridized carbons (Fsp3) is 0.333. The lowest BCUT2D eigenvalue weighted by Crippen LogP contribution is -2.14. The number of hydrogen-bond donors (Lipinski definition) is 0. The minimum atomic E-state index is -0.181. The fourth-order valence-electron chi connectivity index (χ4n) is 1.55. The van der Waals surface area contributed by atoms with Crippen molar-refractivity contribution in [1.29, 1.82) is 0 Å². The second-order valence-electron chi connectivity index (χ2n) is 3.70. The Morgan fingerprint density at radius 3 is 2.94 bits per heavy atom. The number of benzene rings is 1. The Labute approximate surface area is 98.1 Å². The lowest BCUT2D eigenvalue weighted by Gasteiger charge is -2.05. The number of aromatic nitrogens is 1. The largest absolute Gasteiger partial charge is 0.469 e. The van der Waals surface area contributed by atoms with Gasteiger partial charge in [0.2, 0.25) is 0 Å². The summed E-state index contributed by atoms with van der Waals surface area (Å²) in [7, 11) is 1.41. The molecule has 0 aliphatic heterocycles. The maximum Gasteiger partial charge on any atom is 0.308 e. The summed E-state index contributed by atoms with van der Waals surface area (Å²) in [5.41, 5.74) is 1.000. The first-order valence-electron chi connectivity index (χ1n) is 5.13. The smallest absolute Gasteiger partial charge is 0.308 e. The highest BCUT2D eigenvalue weighted by Crippen LogP contribution is 2.23. The summed E-state index contributed by atoms with van der Waals surface area (Å²) in [5, 5.41) is 0.985. The van der Waals surface area contributed by atoms with Gasteiger partial charge in [0.05, 0.1) is 28.3 Å². The Morgan fingerprint density at radius 2 is 2.25 bits per heavy atom. The van der Waals surface area contributed by atoms with E-state index in [2.05, 4.69) is 4.98 Å². The maximum absolute atomic E-state index is 11.3. The number of hydrogen-bond acceptors (Lipinski definition) is 4. The van der Waals surface area contributed by atoms with E-state index in [0.717, 1.165) is 15.2 Å². The van der Waals surface area contributed by atoms with E-state index in [1.807, 2.05) is 31.2 Å². The summed E-state index contributed by atoms with van der Waals surface area (Å²) in [5.74, 6) is -0.315. The minimum absolute atomic E-state index is 0.134. The summed E-state index contributed by atoms with van der Waals surface area (Å²) in [4.78, 5) is 15.8. The van der Waals surface area contributed by atoms with Gasteiger partial charge in [-0.3, -0.25) is 4.79 Å². The SMILES string of the molecule is COC(=O)C(C)Cc1nc2ccccc2s1. The third kappa shape index (κ3) is 2.22. The topological polar surface area (TPSA) is 39.2 Å². The average Bonchev–Trinajstić information content (AvgIpc) is 2.69. The van der Waals surface area contributed by atoms with Crippen LogP contribution in [0.2, 0.25) is 0 Å². The summed E-state index contributed by atoms with van der Waals surface area (Å²) < 4.78 is 5.86. The molecule has 1 aromatic carbocycles. The van der Waals surface area contributed by atoms with Crippen LogP contribution in [0.4, 0.5) is 0 Å². The van der Waals surface area contributed by atoms with Crippen LogP contribution in [0.25, 0.3) is 10.2 Å².